The molecule has 1 saturated heterocycles. The van der Waals surface area contributed by atoms with E-state index in [2.05, 4.69) is 45.4 Å². The average molecular weight is 403 g/mol. The normalized spacial score (nSPS) is 23.0. The highest BCUT2D eigenvalue weighted by Gasteiger charge is 2.27. The summed E-state index contributed by atoms with van der Waals surface area (Å²) < 4.78 is 0. The molecular weight excluding hydrogens is 371 g/mol. The molecule has 1 aromatic carbocycles. The van der Waals surface area contributed by atoms with Gasteiger partial charge < -0.3 is 16.0 Å². The predicted octanol–water partition coefficient (Wildman–Crippen LogP) is 2.29. The molecule has 1 amide bonds. The van der Waals surface area contributed by atoms with Gasteiger partial charge in [-0.05, 0) is 37.4 Å². The fraction of sp³-hybridized carbons (Fsp3) is 0.632. The zero-order valence-electron chi connectivity index (χ0n) is 15.3. The first-order valence-corrected chi connectivity index (χ1v) is 9.28. The van der Waals surface area contributed by atoms with Crippen LogP contribution in [0.4, 0.5) is 5.69 Å². The summed E-state index contributed by atoms with van der Waals surface area (Å²) in [6.07, 6.45) is 4.03. The second-order valence-corrected chi connectivity index (χ2v) is 7.01. The molecule has 1 heterocycles. The molecule has 148 valence electrons. The van der Waals surface area contributed by atoms with E-state index in [1.165, 1.54) is 12.1 Å². The highest BCUT2D eigenvalue weighted by atomic mass is 35.5. The third kappa shape index (κ3) is 6.31. The topological polar surface area (TPSA) is 61.6 Å². The summed E-state index contributed by atoms with van der Waals surface area (Å²) in [5.74, 6) is 0.661. The van der Waals surface area contributed by atoms with Crippen LogP contribution in [0.2, 0.25) is 0 Å². The smallest absolute Gasteiger partial charge is 0.221 e. The van der Waals surface area contributed by atoms with Crippen molar-refractivity contribution < 1.29 is 4.79 Å². The monoisotopic (exact) mass is 402 g/mol. The number of rotatable bonds is 6. The van der Waals surface area contributed by atoms with Gasteiger partial charge in [-0.1, -0.05) is 24.6 Å². The zero-order chi connectivity index (χ0) is 16.8. The van der Waals surface area contributed by atoms with Crippen molar-refractivity contribution in [2.24, 2.45) is 11.7 Å². The third-order valence-electron chi connectivity index (χ3n) is 5.46. The van der Waals surface area contributed by atoms with Crippen molar-refractivity contribution in [1.82, 2.24) is 10.2 Å². The molecule has 0 bridgehead atoms. The minimum atomic E-state index is 0. The highest BCUT2D eigenvalue weighted by Crippen LogP contribution is 2.24. The lowest BCUT2D eigenvalue weighted by molar-refractivity contribution is -0.122. The van der Waals surface area contributed by atoms with Gasteiger partial charge in [0.25, 0.3) is 0 Å². The van der Waals surface area contributed by atoms with Gasteiger partial charge in [-0.2, -0.15) is 0 Å². The molecule has 0 radical (unpaired) electrons. The van der Waals surface area contributed by atoms with Crippen LogP contribution < -0.4 is 16.0 Å². The summed E-state index contributed by atoms with van der Waals surface area (Å²) in [6, 6.07) is 10.9. The molecule has 1 aromatic rings. The maximum absolute atomic E-state index is 12.2. The summed E-state index contributed by atoms with van der Waals surface area (Å²) in [5, 5.41) is 3.20. The fourth-order valence-corrected chi connectivity index (χ4v) is 3.92. The standard InChI is InChI=1S/C19H30N4O.2ClH/c20-15-16-5-4-8-18(16)21-19(24)9-10-22-11-13-23(14-12-22)17-6-2-1-3-7-17;;/h1-3,6-7,16,18H,4-5,8-15,20H2,(H,21,24);2*1H. The van der Waals surface area contributed by atoms with Gasteiger partial charge in [0.1, 0.15) is 0 Å². The number of anilines is 1. The number of nitrogens with two attached hydrogens (primary N) is 1. The predicted molar refractivity (Wildman–Crippen MR) is 113 cm³/mol. The van der Waals surface area contributed by atoms with E-state index in [-0.39, 0.29) is 30.7 Å². The Bertz CT molecular complexity index is 524. The molecule has 3 rings (SSSR count). The SMILES string of the molecule is Cl.Cl.NCC1CCCC1NC(=O)CCN1CCN(c2ccccc2)CC1. The molecule has 1 saturated carbocycles. The number of amides is 1. The summed E-state index contributed by atoms with van der Waals surface area (Å²) >= 11 is 0. The lowest BCUT2D eigenvalue weighted by Gasteiger charge is -2.36. The fourth-order valence-electron chi connectivity index (χ4n) is 3.92. The van der Waals surface area contributed by atoms with Gasteiger partial charge in [0, 0.05) is 50.9 Å². The van der Waals surface area contributed by atoms with Crippen LogP contribution in [0, 0.1) is 5.92 Å². The van der Waals surface area contributed by atoms with Crippen LogP contribution in [0.15, 0.2) is 30.3 Å². The summed E-state index contributed by atoms with van der Waals surface area (Å²) in [4.78, 5) is 17.0. The van der Waals surface area contributed by atoms with Gasteiger partial charge in [-0.3, -0.25) is 9.69 Å². The Morgan fingerprint density at radius 1 is 1.08 bits per heavy atom. The number of piperazine rings is 1. The lowest BCUT2D eigenvalue weighted by Crippen LogP contribution is -2.47. The van der Waals surface area contributed by atoms with E-state index in [1.54, 1.807) is 0 Å². The Kier molecular flexibility index (Phi) is 10.3. The number of hydrogen-bond acceptors (Lipinski definition) is 4. The van der Waals surface area contributed by atoms with E-state index in [1.807, 2.05) is 0 Å². The minimum Gasteiger partial charge on any atom is -0.369 e. The minimum absolute atomic E-state index is 0. The van der Waals surface area contributed by atoms with E-state index >= 15 is 0 Å². The van der Waals surface area contributed by atoms with Crippen molar-refractivity contribution in [2.75, 3.05) is 44.2 Å². The number of hydrogen-bond donors (Lipinski definition) is 2. The number of benzene rings is 1. The van der Waals surface area contributed by atoms with Gasteiger partial charge in [0.2, 0.25) is 5.91 Å². The van der Waals surface area contributed by atoms with Gasteiger partial charge >= 0.3 is 0 Å². The second kappa shape index (κ2) is 11.7. The maximum atomic E-state index is 12.2. The molecule has 7 heteroatoms. The van der Waals surface area contributed by atoms with Crippen LogP contribution in [0.25, 0.3) is 0 Å². The van der Waals surface area contributed by atoms with Crippen LogP contribution in [0.1, 0.15) is 25.7 Å². The molecule has 26 heavy (non-hydrogen) atoms. The lowest BCUT2D eigenvalue weighted by atomic mass is 10.0. The van der Waals surface area contributed by atoms with Crippen molar-refractivity contribution in [3.8, 4) is 0 Å². The van der Waals surface area contributed by atoms with Gasteiger partial charge in [0.15, 0.2) is 0 Å². The molecule has 5 nitrogen and oxygen atoms in total. The number of nitrogens with zero attached hydrogens (tertiary/aromatic N) is 2. The van der Waals surface area contributed by atoms with Crippen LogP contribution in [-0.2, 0) is 4.79 Å². The van der Waals surface area contributed by atoms with E-state index in [9.17, 15) is 4.79 Å². The van der Waals surface area contributed by atoms with Crippen LogP contribution in [0.5, 0.6) is 0 Å². The average Bonchev–Trinajstić information content (AvgIpc) is 3.08. The Morgan fingerprint density at radius 2 is 1.77 bits per heavy atom. The Labute approximate surface area is 169 Å². The molecule has 1 aliphatic heterocycles. The summed E-state index contributed by atoms with van der Waals surface area (Å²) in [7, 11) is 0. The number of carbonyl (C=O) groups is 1. The first-order valence-electron chi connectivity index (χ1n) is 9.28. The van der Waals surface area contributed by atoms with Crippen molar-refractivity contribution in [2.45, 2.75) is 31.7 Å². The Morgan fingerprint density at radius 3 is 2.42 bits per heavy atom. The van der Waals surface area contributed by atoms with Crippen LogP contribution >= 0.6 is 24.8 Å². The van der Waals surface area contributed by atoms with Crippen LogP contribution in [-0.4, -0.2) is 56.1 Å². The molecule has 2 atom stereocenters. The molecule has 0 aromatic heterocycles. The molecular formula is C19H32Cl2N4O. The summed E-state index contributed by atoms with van der Waals surface area (Å²) in [5.41, 5.74) is 7.08. The second-order valence-electron chi connectivity index (χ2n) is 7.01. The van der Waals surface area contributed by atoms with E-state index in [4.69, 9.17) is 5.73 Å². The van der Waals surface area contributed by atoms with Crippen molar-refractivity contribution in [3.63, 3.8) is 0 Å². The van der Waals surface area contributed by atoms with Crippen molar-refractivity contribution in [1.29, 1.82) is 0 Å². The first kappa shape index (κ1) is 23.0. The molecule has 2 aliphatic rings. The van der Waals surface area contributed by atoms with E-state index in [0.29, 0.717) is 24.9 Å². The van der Waals surface area contributed by atoms with Gasteiger partial charge in [0.05, 0.1) is 0 Å². The number of para-hydroxylation sites is 1. The van der Waals surface area contributed by atoms with Crippen molar-refractivity contribution in [3.05, 3.63) is 30.3 Å². The maximum Gasteiger partial charge on any atom is 0.221 e. The third-order valence-corrected chi connectivity index (χ3v) is 5.46. The number of carbonyl (C=O) groups excluding carboxylic acids is 1. The van der Waals surface area contributed by atoms with Gasteiger partial charge in [-0.25, -0.2) is 0 Å². The molecule has 2 unspecified atom stereocenters. The van der Waals surface area contributed by atoms with Crippen molar-refractivity contribution >= 4 is 36.4 Å². The van der Waals surface area contributed by atoms with Gasteiger partial charge in [-0.15, -0.1) is 24.8 Å². The van der Waals surface area contributed by atoms with Crippen LogP contribution in [0.3, 0.4) is 0 Å². The van der Waals surface area contributed by atoms with E-state index < -0.39 is 0 Å². The number of nitrogens with one attached hydrogen (secondary N) is 1. The largest absolute Gasteiger partial charge is 0.369 e. The molecule has 2 fully saturated rings. The molecule has 0 spiro atoms. The Hall–Kier alpha value is -1.01. The molecule has 3 N–H and O–H groups in total. The number of halogens is 2. The molecule has 1 aliphatic carbocycles. The highest BCUT2D eigenvalue weighted by molar-refractivity contribution is 5.85. The first-order chi connectivity index (χ1) is 11.8. The summed E-state index contributed by atoms with van der Waals surface area (Å²) in [6.45, 7) is 5.65. The zero-order valence-corrected chi connectivity index (χ0v) is 16.9. The Balaban J connectivity index is 0.00000169. The van der Waals surface area contributed by atoms with E-state index in [0.717, 1.165) is 45.6 Å². The quantitative estimate of drug-likeness (QED) is 0.765.